The predicted molar refractivity (Wildman–Crippen MR) is 151 cm³/mol. The van der Waals surface area contributed by atoms with E-state index in [0.717, 1.165) is 40.1 Å². The van der Waals surface area contributed by atoms with E-state index in [1.807, 2.05) is 42.6 Å². The molecule has 0 atom stereocenters. The molecular weight excluding hydrogens is 494 g/mol. The average Bonchev–Trinajstić information content (AvgIpc) is 3.52. The average molecular weight is 526 g/mol. The number of benzene rings is 2. The van der Waals surface area contributed by atoms with Crippen LogP contribution in [0.4, 0.5) is 5.13 Å². The van der Waals surface area contributed by atoms with Crippen molar-refractivity contribution >= 4 is 39.4 Å². The Morgan fingerprint density at radius 2 is 1.92 bits per heavy atom. The SMILES string of the molecule is Cc1cc(C)cc(OCCn2cc(C=C(C#N)C(=O)Nc3nnc(C4CCCCC4)s3)c3ccccc32)c1. The zero-order chi connectivity index (χ0) is 26.5. The molecule has 1 amide bonds. The normalized spacial score (nSPS) is 14.4. The van der Waals surface area contributed by atoms with Gasteiger partial charge >= 0.3 is 0 Å². The van der Waals surface area contributed by atoms with E-state index in [2.05, 4.69) is 46.1 Å². The fraction of sp³-hybridized carbons (Fsp3) is 0.333. The van der Waals surface area contributed by atoms with Gasteiger partial charge in [0.2, 0.25) is 5.13 Å². The van der Waals surface area contributed by atoms with E-state index < -0.39 is 5.91 Å². The van der Waals surface area contributed by atoms with Gasteiger partial charge in [-0.2, -0.15) is 5.26 Å². The van der Waals surface area contributed by atoms with Gasteiger partial charge in [0.25, 0.3) is 5.91 Å². The number of aromatic nitrogens is 3. The number of hydrogen-bond donors (Lipinski definition) is 1. The lowest BCUT2D eigenvalue weighted by molar-refractivity contribution is -0.112. The molecular formula is C30H31N5O2S. The van der Waals surface area contributed by atoms with Crippen LogP contribution in [-0.2, 0) is 11.3 Å². The Bertz CT molecular complexity index is 1500. The lowest BCUT2D eigenvalue weighted by atomic mass is 9.90. The summed E-state index contributed by atoms with van der Waals surface area (Å²) in [4.78, 5) is 13.0. The van der Waals surface area contributed by atoms with E-state index >= 15 is 0 Å². The molecule has 1 fully saturated rings. The van der Waals surface area contributed by atoms with Crippen molar-refractivity contribution in [3.05, 3.63) is 75.9 Å². The van der Waals surface area contributed by atoms with Crippen LogP contribution < -0.4 is 10.1 Å². The summed E-state index contributed by atoms with van der Waals surface area (Å²) >= 11 is 1.41. The molecule has 0 radical (unpaired) electrons. The van der Waals surface area contributed by atoms with Gasteiger partial charge in [0.1, 0.15) is 29.0 Å². The molecule has 7 nitrogen and oxygen atoms in total. The van der Waals surface area contributed by atoms with Crippen molar-refractivity contribution in [1.82, 2.24) is 14.8 Å². The van der Waals surface area contributed by atoms with Crippen molar-refractivity contribution < 1.29 is 9.53 Å². The maximum atomic E-state index is 13.0. The number of nitrogens with zero attached hydrogens (tertiary/aromatic N) is 4. The lowest BCUT2D eigenvalue weighted by Gasteiger charge is -2.18. The minimum atomic E-state index is -0.478. The fourth-order valence-corrected chi connectivity index (χ4v) is 6.03. The maximum absolute atomic E-state index is 13.0. The number of carbonyl (C=O) groups excluding carboxylic acids is 1. The molecule has 194 valence electrons. The first-order valence-electron chi connectivity index (χ1n) is 13.1. The van der Waals surface area contributed by atoms with Crippen molar-refractivity contribution in [2.45, 2.75) is 58.4 Å². The maximum Gasteiger partial charge on any atom is 0.268 e. The summed E-state index contributed by atoms with van der Waals surface area (Å²) in [5.41, 5.74) is 4.18. The highest BCUT2D eigenvalue weighted by Gasteiger charge is 2.21. The molecule has 0 spiro atoms. The number of anilines is 1. The number of ether oxygens (including phenoxy) is 1. The number of aryl methyl sites for hydroxylation is 2. The molecule has 1 aliphatic rings. The standard InChI is InChI=1S/C30H31N5O2S/c1-20-14-21(2)16-25(15-20)37-13-12-35-19-24(26-10-6-7-11-27(26)35)17-23(18-31)28(36)32-30-34-33-29(38-30)22-8-4-3-5-9-22/h6-7,10-11,14-17,19,22H,3-5,8-9,12-13H2,1-2H3,(H,32,34,36). The number of hydrogen-bond acceptors (Lipinski definition) is 6. The van der Waals surface area contributed by atoms with Crippen LogP contribution in [0, 0.1) is 25.2 Å². The van der Waals surface area contributed by atoms with E-state index in [0.29, 0.717) is 24.2 Å². The van der Waals surface area contributed by atoms with Gasteiger partial charge in [-0.25, -0.2) is 0 Å². The number of para-hydroxylation sites is 1. The number of nitrogens with one attached hydrogen (secondary N) is 1. The summed E-state index contributed by atoms with van der Waals surface area (Å²) in [6, 6.07) is 16.2. The highest BCUT2D eigenvalue weighted by atomic mass is 32.1. The van der Waals surface area contributed by atoms with Crippen LogP contribution in [0.25, 0.3) is 17.0 Å². The predicted octanol–water partition coefficient (Wildman–Crippen LogP) is 6.78. The zero-order valence-electron chi connectivity index (χ0n) is 21.7. The van der Waals surface area contributed by atoms with Gasteiger partial charge < -0.3 is 9.30 Å². The first kappa shape index (κ1) is 25.7. The quantitative estimate of drug-likeness (QED) is 0.202. The van der Waals surface area contributed by atoms with Crippen LogP contribution in [0.2, 0.25) is 0 Å². The number of amides is 1. The van der Waals surface area contributed by atoms with Gasteiger partial charge in [-0.15, -0.1) is 10.2 Å². The lowest BCUT2D eigenvalue weighted by Crippen LogP contribution is -2.13. The summed E-state index contributed by atoms with van der Waals surface area (Å²) in [7, 11) is 0. The molecule has 5 rings (SSSR count). The minimum Gasteiger partial charge on any atom is -0.492 e. The summed E-state index contributed by atoms with van der Waals surface area (Å²) in [6.07, 6.45) is 9.52. The van der Waals surface area contributed by atoms with Crippen LogP contribution in [0.3, 0.4) is 0 Å². The fourth-order valence-electron chi connectivity index (χ4n) is 5.12. The molecule has 0 saturated heterocycles. The molecule has 8 heteroatoms. The van der Waals surface area contributed by atoms with E-state index in [1.54, 1.807) is 6.08 Å². The smallest absolute Gasteiger partial charge is 0.268 e. The van der Waals surface area contributed by atoms with Gasteiger partial charge in [0.05, 0.1) is 6.54 Å². The Morgan fingerprint density at radius 1 is 1.16 bits per heavy atom. The summed E-state index contributed by atoms with van der Waals surface area (Å²) < 4.78 is 8.11. The Morgan fingerprint density at radius 3 is 2.68 bits per heavy atom. The minimum absolute atomic E-state index is 0.0220. The van der Waals surface area contributed by atoms with Crippen LogP contribution in [0.1, 0.15) is 59.7 Å². The second kappa shape index (κ2) is 11.6. The Balaban J connectivity index is 1.31. The van der Waals surface area contributed by atoms with Crippen molar-refractivity contribution in [1.29, 1.82) is 5.26 Å². The van der Waals surface area contributed by atoms with Gasteiger partial charge in [-0.1, -0.05) is 54.9 Å². The highest BCUT2D eigenvalue weighted by Crippen LogP contribution is 2.35. The number of fused-ring (bicyclic) bond motifs is 1. The van der Waals surface area contributed by atoms with Gasteiger partial charge in [0, 0.05) is 28.6 Å². The van der Waals surface area contributed by atoms with Crippen molar-refractivity contribution in [2.75, 3.05) is 11.9 Å². The molecule has 38 heavy (non-hydrogen) atoms. The van der Waals surface area contributed by atoms with Crippen LogP contribution >= 0.6 is 11.3 Å². The largest absolute Gasteiger partial charge is 0.492 e. The van der Waals surface area contributed by atoms with E-state index in [-0.39, 0.29) is 5.57 Å². The molecule has 0 bridgehead atoms. The van der Waals surface area contributed by atoms with Crippen LogP contribution in [-0.4, -0.2) is 27.3 Å². The first-order chi connectivity index (χ1) is 18.5. The Kier molecular flexibility index (Phi) is 7.85. The molecule has 1 saturated carbocycles. The molecule has 1 N–H and O–H groups in total. The molecule has 4 aromatic rings. The van der Waals surface area contributed by atoms with Gasteiger partial charge in [-0.3, -0.25) is 10.1 Å². The van der Waals surface area contributed by atoms with Crippen molar-refractivity contribution in [3.8, 4) is 11.8 Å². The Labute approximate surface area is 226 Å². The number of nitriles is 1. The third kappa shape index (κ3) is 5.95. The summed E-state index contributed by atoms with van der Waals surface area (Å²) in [5.74, 6) is 0.794. The number of carbonyl (C=O) groups is 1. The number of rotatable bonds is 8. The molecule has 0 unspecified atom stereocenters. The monoisotopic (exact) mass is 525 g/mol. The third-order valence-corrected chi connectivity index (χ3v) is 7.90. The first-order valence-corrected chi connectivity index (χ1v) is 13.9. The topological polar surface area (TPSA) is 92.8 Å². The summed E-state index contributed by atoms with van der Waals surface area (Å²) in [6.45, 7) is 5.24. The molecule has 0 aliphatic heterocycles. The van der Waals surface area contributed by atoms with Gasteiger partial charge in [0.15, 0.2) is 0 Å². The molecule has 2 aromatic carbocycles. The third-order valence-electron chi connectivity index (χ3n) is 6.90. The molecule has 2 heterocycles. The van der Waals surface area contributed by atoms with E-state index in [9.17, 15) is 10.1 Å². The zero-order valence-corrected chi connectivity index (χ0v) is 22.6. The van der Waals surface area contributed by atoms with E-state index in [4.69, 9.17) is 4.74 Å². The van der Waals surface area contributed by atoms with Crippen LogP contribution in [0.5, 0.6) is 5.75 Å². The van der Waals surface area contributed by atoms with Crippen LogP contribution in [0.15, 0.2) is 54.2 Å². The second-order valence-electron chi connectivity index (χ2n) is 9.87. The Hall–Kier alpha value is -3.96. The van der Waals surface area contributed by atoms with E-state index in [1.165, 1.54) is 41.7 Å². The molecule has 1 aliphatic carbocycles. The van der Waals surface area contributed by atoms with Crippen molar-refractivity contribution in [2.24, 2.45) is 0 Å². The second-order valence-corrected chi connectivity index (χ2v) is 10.9. The van der Waals surface area contributed by atoms with Gasteiger partial charge in [-0.05, 0) is 62.1 Å². The summed E-state index contributed by atoms with van der Waals surface area (Å²) in [5, 5.41) is 23.4. The van der Waals surface area contributed by atoms with Crippen molar-refractivity contribution in [3.63, 3.8) is 0 Å². The highest BCUT2D eigenvalue weighted by molar-refractivity contribution is 7.15. The molecule has 2 aromatic heterocycles.